The Kier molecular flexibility index (Phi) is 7.47. The highest BCUT2D eigenvalue weighted by Crippen LogP contribution is 1.85. The maximum absolute atomic E-state index is 5.27. The second-order valence-electron chi connectivity index (χ2n) is 2.58. The highest BCUT2D eigenvalue weighted by Gasteiger charge is 1.86. The summed E-state index contributed by atoms with van der Waals surface area (Å²) in [4.78, 5) is 4.31. The van der Waals surface area contributed by atoms with Gasteiger partial charge in [-0.25, -0.2) is 0 Å². The van der Waals surface area contributed by atoms with Gasteiger partial charge in [0, 0.05) is 12.3 Å². The molecule has 0 radical (unpaired) electrons. The molecule has 0 saturated heterocycles. The standard InChI is InChI=1S/C9H19NO/c1-4-7-11-8-6-10-9(3)5-2/h4-8H2,1-3H3/b10-9-. The Labute approximate surface area is 69.7 Å². The van der Waals surface area contributed by atoms with Crippen LogP contribution >= 0.6 is 0 Å². The van der Waals surface area contributed by atoms with Crippen molar-refractivity contribution in [3.63, 3.8) is 0 Å². The highest BCUT2D eigenvalue weighted by molar-refractivity contribution is 5.81. The maximum Gasteiger partial charge on any atom is 0.0661 e. The van der Waals surface area contributed by atoms with Crippen LogP contribution in [0.25, 0.3) is 0 Å². The molecule has 0 aromatic heterocycles. The first-order valence-corrected chi connectivity index (χ1v) is 4.38. The molecule has 0 fully saturated rings. The zero-order chi connectivity index (χ0) is 8.53. The predicted octanol–water partition coefficient (Wildman–Crippen LogP) is 2.28. The molecule has 0 aliphatic carbocycles. The molecule has 0 aromatic rings. The molecule has 2 nitrogen and oxygen atoms in total. The van der Waals surface area contributed by atoms with Gasteiger partial charge >= 0.3 is 0 Å². The fourth-order valence-corrected chi connectivity index (χ4v) is 0.659. The summed E-state index contributed by atoms with van der Waals surface area (Å²) in [5, 5.41) is 0. The molecule has 0 aliphatic rings. The van der Waals surface area contributed by atoms with Gasteiger partial charge in [-0.2, -0.15) is 0 Å². The van der Waals surface area contributed by atoms with Gasteiger partial charge in [0.25, 0.3) is 0 Å². The zero-order valence-corrected chi connectivity index (χ0v) is 7.89. The summed E-state index contributed by atoms with van der Waals surface area (Å²) in [5.41, 5.74) is 1.21. The molecule has 0 bridgehead atoms. The van der Waals surface area contributed by atoms with E-state index in [0.29, 0.717) is 0 Å². The lowest BCUT2D eigenvalue weighted by molar-refractivity contribution is 0.142. The van der Waals surface area contributed by atoms with E-state index in [-0.39, 0.29) is 0 Å². The number of nitrogens with zero attached hydrogens (tertiary/aromatic N) is 1. The summed E-state index contributed by atoms with van der Waals surface area (Å²) in [5.74, 6) is 0. The smallest absolute Gasteiger partial charge is 0.0661 e. The summed E-state index contributed by atoms with van der Waals surface area (Å²) >= 11 is 0. The molecule has 0 atom stereocenters. The van der Waals surface area contributed by atoms with Crippen LogP contribution in [-0.2, 0) is 4.74 Å². The van der Waals surface area contributed by atoms with Gasteiger partial charge in [0.05, 0.1) is 13.2 Å². The van der Waals surface area contributed by atoms with Gasteiger partial charge in [0.15, 0.2) is 0 Å². The number of rotatable bonds is 6. The lowest BCUT2D eigenvalue weighted by Crippen LogP contribution is -2.00. The number of hydrogen-bond acceptors (Lipinski definition) is 2. The Morgan fingerprint density at radius 1 is 1.27 bits per heavy atom. The fourth-order valence-electron chi connectivity index (χ4n) is 0.659. The van der Waals surface area contributed by atoms with Gasteiger partial charge < -0.3 is 4.74 Å². The first-order chi connectivity index (χ1) is 5.31. The van der Waals surface area contributed by atoms with Crippen LogP contribution in [0.4, 0.5) is 0 Å². The van der Waals surface area contributed by atoms with Crippen molar-refractivity contribution in [2.24, 2.45) is 4.99 Å². The summed E-state index contributed by atoms with van der Waals surface area (Å²) in [7, 11) is 0. The molecule has 0 heterocycles. The van der Waals surface area contributed by atoms with E-state index >= 15 is 0 Å². The lowest BCUT2D eigenvalue weighted by Gasteiger charge is -1.99. The van der Waals surface area contributed by atoms with Crippen LogP contribution in [0.3, 0.4) is 0 Å². The number of aliphatic imine (C=N–C) groups is 1. The Hall–Kier alpha value is -0.370. The van der Waals surface area contributed by atoms with Crippen LogP contribution < -0.4 is 0 Å². The molecule has 0 aliphatic heterocycles. The molecule has 0 rings (SSSR count). The van der Waals surface area contributed by atoms with Gasteiger partial charge in [-0.05, 0) is 19.8 Å². The maximum atomic E-state index is 5.27. The molecule has 0 aromatic carbocycles. The van der Waals surface area contributed by atoms with E-state index in [0.717, 1.165) is 32.6 Å². The fraction of sp³-hybridized carbons (Fsp3) is 0.889. The Morgan fingerprint density at radius 3 is 2.55 bits per heavy atom. The van der Waals surface area contributed by atoms with Gasteiger partial charge in [-0.1, -0.05) is 13.8 Å². The third-order valence-electron chi connectivity index (χ3n) is 1.48. The van der Waals surface area contributed by atoms with Gasteiger partial charge in [-0.3, -0.25) is 4.99 Å². The molecule has 11 heavy (non-hydrogen) atoms. The Morgan fingerprint density at radius 2 is 2.00 bits per heavy atom. The third kappa shape index (κ3) is 7.53. The van der Waals surface area contributed by atoms with Crippen molar-refractivity contribution in [3.05, 3.63) is 0 Å². The van der Waals surface area contributed by atoms with Crippen molar-refractivity contribution in [3.8, 4) is 0 Å². The monoisotopic (exact) mass is 157 g/mol. The first kappa shape index (κ1) is 10.6. The molecule has 2 heteroatoms. The molecule has 0 N–H and O–H groups in total. The predicted molar refractivity (Wildman–Crippen MR) is 49.4 cm³/mol. The minimum Gasteiger partial charge on any atom is -0.380 e. The van der Waals surface area contributed by atoms with E-state index < -0.39 is 0 Å². The van der Waals surface area contributed by atoms with Crippen LogP contribution in [0.15, 0.2) is 4.99 Å². The topological polar surface area (TPSA) is 21.6 Å². The third-order valence-corrected chi connectivity index (χ3v) is 1.48. The summed E-state index contributed by atoms with van der Waals surface area (Å²) in [6.07, 6.45) is 2.14. The van der Waals surface area contributed by atoms with E-state index in [1.165, 1.54) is 5.71 Å². The minimum absolute atomic E-state index is 0.769. The van der Waals surface area contributed by atoms with Crippen molar-refractivity contribution >= 4 is 5.71 Å². The van der Waals surface area contributed by atoms with Crippen molar-refractivity contribution in [2.75, 3.05) is 19.8 Å². The molecule has 0 spiro atoms. The zero-order valence-electron chi connectivity index (χ0n) is 7.89. The van der Waals surface area contributed by atoms with Gasteiger partial charge in [0.1, 0.15) is 0 Å². The van der Waals surface area contributed by atoms with Crippen molar-refractivity contribution < 1.29 is 4.74 Å². The summed E-state index contributed by atoms with van der Waals surface area (Å²) in [6.45, 7) is 8.73. The van der Waals surface area contributed by atoms with Crippen molar-refractivity contribution in [1.82, 2.24) is 0 Å². The van der Waals surface area contributed by atoms with E-state index in [9.17, 15) is 0 Å². The summed E-state index contributed by atoms with van der Waals surface area (Å²) in [6, 6.07) is 0. The average molecular weight is 157 g/mol. The molecule has 0 amide bonds. The van der Waals surface area contributed by atoms with Crippen molar-refractivity contribution in [1.29, 1.82) is 0 Å². The molecular formula is C9H19NO. The van der Waals surface area contributed by atoms with Crippen LogP contribution in [0, 0.1) is 0 Å². The van der Waals surface area contributed by atoms with E-state index in [4.69, 9.17) is 4.74 Å². The van der Waals surface area contributed by atoms with Crippen LogP contribution in [0.1, 0.15) is 33.6 Å². The second-order valence-corrected chi connectivity index (χ2v) is 2.58. The van der Waals surface area contributed by atoms with Crippen LogP contribution in [-0.4, -0.2) is 25.5 Å². The lowest BCUT2D eigenvalue weighted by atomic mass is 10.3. The average Bonchev–Trinajstić information content (AvgIpc) is 2.04. The normalized spacial score (nSPS) is 12.1. The largest absolute Gasteiger partial charge is 0.380 e. The number of hydrogen-bond donors (Lipinski definition) is 0. The first-order valence-electron chi connectivity index (χ1n) is 4.38. The molecule has 66 valence electrons. The van der Waals surface area contributed by atoms with E-state index in [1.54, 1.807) is 0 Å². The number of ether oxygens (including phenoxy) is 1. The Balaban J connectivity index is 3.12. The molecule has 0 saturated carbocycles. The minimum atomic E-state index is 0.769. The highest BCUT2D eigenvalue weighted by atomic mass is 16.5. The SMILES string of the molecule is CCCOCC/N=C(/C)CC. The molecule has 0 unspecified atom stereocenters. The van der Waals surface area contributed by atoms with E-state index in [2.05, 4.69) is 25.8 Å². The van der Waals surface area contributed by atoms with Gasteiger partial charge in [-0.15, -0.1) is 0 Å². The quantitative estimate of drug-likeness (QED) is 0.428. The van der Waals surface area contributed by atoms with Crippen LogP contribution in [0.2, 0.25) is 0 Å². The van der Waals surface area contributed by atoms with Gasteiger partial charge in [0.2, 0.25) is 0 Å². The Bertz CT molecular complexity index is 110. The van der Waals surface area contributed by atoms with E-state index in [1.807, 2.05) is 0 Å². The van der Waals surface area contributed by atoms with Crippen molar-refractivity contribution in [2.45, 2.75) is 33.6 Å². The van der Waals surface area contributed by atoms with Crippen LogP contribution in [0.5, 0.6) is 0 Å². The molecular weight excluding hydrogens is 138 g/mol. The summed E-state index contributed by atoms with van der Waals surface area (Å²) < 4.78 is 5.27. The second kappa shape index (κ2) is 7.73.